The fourth-order valence-corrected chi connectivity index (χ4v) is 10.1. The largest absolute Gasteiger partial charge is 0.444 e. The van der Waals surface area contributed by atoms with Crippen molar-refractivity contribution in [3.8, 4) is 10.4 Å². The third-order valence-corrected chi connectivity index (χ3v) is 14.3. The first-order valence-corrected chi connectivity index (χ1v) is 22.4. The number of β-amino-alcohol motifs (C(OH)–C–C–N with tert-alkyl or cyclic N) is 1. The van der Waals surface area contributed by atoms with Crippen LogP contribution in [-0.4, -0.2) is 127 Å². The van der Waals surface area contributed by atoms with Crippen molar-refractivity contribution >= 4 is 52.8 Å². The number of aliphatic hydroxyl groups excluding tert-OH is 1. The van der Waals surface area contributed by atoms with Crippen molar-refractivity contribution in [1.82, 2.24) is 30.3 Å². The highest BCUT2D eigenvalue weighted by molar-refractivity contribution is 8.00. The predicted molar refractivity (Wildman–Crippen MR) is 222 cm³/mol. The van der Waals surface area contributed by atoms with Crippen molar-refractivity contribution < 1.29 is 38.2 Å². The van der Waals surface area contributed by atoms with Gasteiger partial charge in [0.2, 0.25) is 17.7 Å². The summed E-state index contributed by atoms with van der Waals surface area (Å²) in [4.78, 5) is 77.4. The van der Waals surface area contributed by atoms with Gasteiger partial charge >= 0.3 is 6.09 Å². The molecular weight excluding hydrogens is 784 g/mol. The highest BCUT2D eigenvalue weighted by Crippen LogP contribution is 2.42. The number of aryl methyl sites for hydroxylation is 1. The molecule has 2 saturated heterocycles. The number of rotatable bonds is 12. The number of ether oxygens (including phenoxy) is 1. The van der Waals surface area contributed by atoms with Gasteiger partial charge in [-0.3, -0.25) is 19.2 Å². The van der Waals surface area contributed by atoms with Gasteiger partial charge in [0, 0.05) is 56.4 Å². The molecule has 2 saturated carbocycles. The second-order valence-corrected chi connectivity index (χ2v) is 20.4. The maximum atomic E-state index is 15.1. The number of piperazine rings is 1. The molecule has 5 amide bonds. The summed E-state index contributed by atoms with van der Waals surface area (Å²) in [7, 11) is 0. The molecule has 0 unspecified atom stereocenters. The number of aromatic nitrogens is 1. The van der Waals surface area contributed by atoms with Crippen LogP contribution in [0.3, 0.4) is 0 Å². The molecule has 3 N–H and O–H groups in total. The number of thioether (sulfide) groups is 1. The Morgan fingerprint density at radius 1 is 1.00 bits per heavy atom. The lowest BCUT2D eigenvalue weighted by Gasteiger charge is -2.39. The Balaban J connectivity index is 1.03. The number of halogens is 1. The smallest absolute Gasteiger partial charge is 0.410 e. The molecule has 1 aromatic carbocycles. The minimum Gasteiger partial charge on any atom is -0.444 e. The fourth-order valence-electron chi connectivity index (χ4n) is 7.95. The van der Waals surface area contributed by atoms with Gasteiger partial charge in [-0.1, -0.05) is 24.3 Å². The molecule has 1 aromatic heterocycles. The highest BCUT2D eigenvalue weighted by atomic mass is 32.2. The van der Waals surface area contributed by atoms with E-state index in [0.29, 0.717) is 31.9 Å². The van der Waals surface area contributed by atoms with E-state index in [9.17, 15) is 29.1 Å². The molecule has 2 aliphatic carbocycles. The molecule has 2 aliphatic heterocycles. The maximum absolute atomic E-state index is 15.1. The van der Waals surface area contributed by atoms with Gasteiger partial charge in [0.25, 0.3) is 5.91 Å². The Labute approximate surface area is 349 Å². The number of benzene rings is 1. The summed E-state index contributed by atoms with van der Waals surface area (Å²) < 4.78 is 19.6. The van der Waals surface area contributed by atoms with E-state index in [0.717, 1.165) is 47.4 Å². The van der Waals surface area contributed by atoms with Gasteiger partial charge in [-0.25, -0.2) is 14.2 Å². The van der Waals surface area contributed by atoms with Crippen LogP contribution in [0.1, 0.15) is 90.8 Å². The highest BCUT2D eigenvalue weighted by Gasteiger charge is 2.54. The second kappa shape index (κ2) is 17.8. The molecule has 0 radical (unpaired) electrons. The summed E-state index contributed by atoms with van der Waals surface area (Å²) >= 11 is 3.08. The van der Waals surface area contributed by atoms with Crippen LogP contribution in [-0.2, 0) is 30.5 Å². The first-order valence-electron chi connectivity index (χ1n) is 20.5. The minimum atomic E-state index is -2.01. The average molecular weight is 843 g/mol. The van der Waals surface area contributed by atoms with E-state index in [-0.39, 0.29) is 56.2 Å². The number of alkyl halides is 1. The standard InChI is InChI=1S/C42H59FN6O7S2/c1-26-33(57-25-45-26)29-11-7-27(8-12-29)22-44-35(51)32-21-31(50)23-49(32)37(53)34(46-38(54)42(43)15-16-42)41(5,6)58-24-28-9-13-30(14-10-28)36(52)47-17-19-48(20-18-47)39(55)56-40(2,3)4/h7-8,11-12,25,28,30-32,34,50H,9-10,13-24H2,1-6H3,(H,44,51)(H,46,54)/t28?,30?,31-,32+,34-/m1/s1. The van der Waals surface area contributed by atoms with E-state index in [1.54, 1.807) is 21.7 Å². The third-order valence-electron chi connectivity index (χ3n) is 11.7. The van der Waals surface area contributed by atoms with Crippen molar-refractivity contribution in [2.24, 2.45) is 11.8 Å². The quantitative estimate of drug-likeness (QED) is 0.265. The molecule has 6 rings (SSSR count). The van der Waals surface area contributed by atoms with E-state index in [1.165, 1.54) is 16.7 Å². The average Bonchev–Trinajstić information content (AvgIpc) is 3.60. The summed E-state index contributed by atoms with van der Waals surface area (Å²) in [6.07, 6.45) is 2.05. The van der Waals surface area contributed by atoms with Crippen LogP contribution >= 0.6 is 23.1 Å². The number of carbonyl (C=O) groups is 5. The number of aliphatic hydroxyl groups is 1. The zero-order chi connectivity index (χ0) is 42.0. The van der Waals surface area contributed by atoms with E-state index in [4.69, 9.17) is 4.74 Å². The SMILES string of the molecule is Cc1ncsc1-c1ccc(CNC(=O)[C@@H]2C[C@@H](O)CN2C(=O)[C@@H](NC(=O)C2(F)CC2)C(C)(C)SCC2CCC(C(=O)N3CCN(C(=O)OC(C)(C)C)CC3)CC2)cc1. The Kier molecular flexibility index (Phi) is 13.5. The summed E-state index contributed by atoms with van der Waals surface area (Å²) in [6.45, 7) is 13.1. The number of carbonyl (C=O) groups excluding carboxylic acids is 5. The minimum absolute atomic E-state index is 0.0455. The summed E-state index contributed by atoms with van der Waals surface area (Å²) in [5, 5.41) is 16.4. The molecule has 16 heteroatoms. The number of thiazole rings is 1. The molecule has 13 nitrogen and oxygen atoms in total. The zero-order valence-electron chi connectivity index (χ0n) is 34.6. The molecule has 0 bridgehead atoms. The van der Waals surface area contributed by atoms with Gasteiger partial charge in [0.15, 0.2) is 5.67 Å². The maximum Gasteiger partial charge on any atom is 0.410 e. The Bertz CT molecular complexity index is 1810. The molecule has 58 heavy (non-hydrogen) atoms. The van der Waals surface area contributed by atoms with E-state index in [2.05, 4.69) is 15.6 Å². The van der Waals surface area contributed by atoms with E-state index in [1.807, 2.05) is 70.7 Å². The molecule has 3 atom stereocenters. The fraction of sp³-hybridized carbons (Fsp3) is 0.667. The van der Waals surface area contributed by atoms with Crippen molar-refractivity contribution in [2.45, 2.75) is 127 Å². The van der Waals surface area contributed by atoms with E-state index < -0.39 is 51.9 Å². The molecule has 0 spiro atoms. The zero-order valence-corrected chi connectivity index (χ0v) is 36.2. The first-order chi connectivity index (χ1) is 27.3. The number of likely N-dealkylation sites (tertiary alicyclic amines) is 1. The summed E-state index contributed by atoms with van der Waals surface area (Å²) in [6, 6.07) is 5.70. The van der Waals surface area contributed by atoms with Gasteiger partial charge in [-0.2, -0.15) is 11.8 Å². The number of nitrogens with one attached hydrogen (secondary N) is 2. The Morgan fingerprint density at radius 2 is 1.64 bits per heavy atom. The molecule has 4 aliphatic rings. The van der Waals surface area contributed by atoms with Gasteiger partial charge in [-0.15, -0.1) is 11.3 Å². The number of nitrogens with zero attached hydrogens (tertiary/aromatic N) is 4. The van der Waals surface area contributed by atoms with Gasteiger partial charge in [-0.05, 0) is 103 Å². The summed E-state index contributed by atoms with van der Waals surface area (Å²) in [5.41, 5.74) is 2.07. The Morgan fingerprint density at radius 3 is 2.22 bits per heavy atom. The lowest BCUT2D eigenvalue weighted by atomic mass is 9.82. The van der Waals surface area contributed by atoms with Gasteiger partial charge in [0.05, 0.1) is 22.2 Å². The summed E-state index contributed by atoms with van der Waals surface area (Å²) in [5.74, 6) is -0.811. The van der Waals surface area contributed by atoms with Crippen LogP contribution in [0.25, 0.3) is 10.4 Å². The van der Waals surface area contributed by atoms with Crippen molar-refractivity contribution in [2.75, 3.05) is 38.5 Å². The molecular formula is C42H59FN6O7S2. The van der Waals surface area contributed by atoms with Gasteiger partial charge in [0.1, 0.15) is 17.7 Å². The van der Waals surface area contributed by atoms with E-state index >= 15 is 4.39 Å². The monoisotopic (exact) mass is 842 g/mol. The third kappa shape index (κ3) is 10.7. The first kappa shape index (κ1) is 43.8. The second-order valence-electron chi connectivity index (χ2n) is 17.9. The van der Waals surface area contributed by atoms with Crippen LogP contribution in [0.2, 0.25) is 0 Å². The lowest BCUT2D eigenvalue weighted by Crippen LogP contribution is -2.61. The van der Waals surface area contributed by atoms with Crippen molar-refractivity contribution in [3.63, 3.8) is 0 Å². The van der Waals surface area contributed by atoms with Crippen molar-refractivity contribution in [3.05, 3.63) is 41.0 Å². The van der Waals surface area contributed by atoms with Crippen LogP contribution in [0.5, 0.6) is 0 Å². The van der Waals surface area contributed by atoms with Crippen molar-refractivity contribution in [1.29, 1.82) is 0 Å². The Hall–Kier alpha value is -3.76. The van der Waals surface area contributed by atoms with Crippen LogP contribution < -0.4 is 10.6 Å². The number of hydrogen-bond acceptors (Lipinski definition) is 10. The van der Waals surface area contributed by atoms with Crippen LogP contribution in [0, 0.1) is 18.8 Å². The normalized spacial score (nSPS) is 23.9. The molecule has 3 heterocycles. The topological polar surface area (TPSA) is 161 Å². The van der Waals surface area contributed by atoms with Crippen LogP contribution in [0.15, 0.2) is 29.8 Å². The molecule has 318 valence electrons. The predicted octanol–water partition coefficient (Wildman–Crippen LogP) is 5.08. The van der Waals surface area contributed by atoms with Crippen LogP contribution in [0.4, 0.5) is 9.18 Å². The molecule has 4 fully saturated rings. The van der Waals surface area contributed by atoms with Gasteiger partial charge < -0.3 is 35.2 Å². The number of hydrogen-bond donors (Lipinski definition) is 3. The molecule has 2 aromatic rings. The number of amides is 5. The lowest BCUT2D eigenvalue weighted by molar-refractivity contribution is -0.143.